The van der Waals surface area contributed by atoms with Crippen LogP contribution in [0.15, 0.2) is 30.3 Å². The second kappa shape index (κ2) is 5.16. The molecule has 6 nitrogen and oxygen atoms in total. The fraction of sp³-hybridized carbons (Fsp3) is 0.125. The first-order chi connectivity index (χ1) is 10.5. The molecule has 4 N–H and O–H groups in total. The van der Waals surface area contributed by atoms with Crippen molar-refractivity contribution in [2.24, 2.45) is 0 Å². The van der Waals surface area contributed by atoms with Gasteiger partial charge in [0, 0.05) is 11.1 Å². The van der Waals surface area contributed by atoms with Crippen LogP contribution in [0.4, 0.5) is 0 Å². The Labute approximate surface area is 126 Å². The average molecular weight is 297 g/mol. The van der Waals surface area contributed by atoms with Gasteiger partial charge in [0.15, 0.2) is 0 Å². The van der Waals surface area contributed by atoms with Crippen molar-refractivity contribution in [1.29, 1.82) is 0 Å². The number of imidazole rings is 1. The molecule has 3 aromatic rings. The van der Waals surface area contributed by atoms with Gasteiger partial charge >= 0.3 is 0 Å². The zero-order valence-electron chi connectivity index (χ0n) is 12.1. The summed E-state index contributed by atoms with van der Waals surface area (Å²) in [6, 6.07) is 8.29. The lowest BCUT2D eigenvalue weighted by atomic mass is 10.0. The van der Waals surface area contributed by atoms with Gasteiger partial charge in [-0.25, -0.2) is 10.5 Å². The molecule has 112 valence electrons. The van der Waals surface area contributed by atoms with Crippen molar-refractivity contribution < 1.29 is 15.1 Å². The minimum atomic E-state index is -0.574. The molecule has 0 saturated heterocycles. The first-order valence-corrected chi connectivity index (χ1v) is 6.74. The molecule has 0 fully saturated rings. The molecule has 0 spiro atoms. The van der Waals surface area contributed by atoms with E-state index in [0.717, 1.165) is 22.2 Å². The molecule has 0 aliphatic carbocycles. The number of nitrogens with zero attached hydrogens (tertiary/aromatic N) is 1. The molecule has 1 amide bonds. The highest BCUT2D eigenvalue weighted by atomic mass is 16.5. The molecule has 22 heavy (non-hydrogen) atoms. The number of carbonyl (C=O) groups excluding carboxylic acids is 1. The molecule has 3 rings (SSSR count). The van der Waals surface area contributed by atoms with Gasteiger partial charge in [-0.15, -0.1) is 0 Å². The van der Waals surface area contributed by atoms with Crippen LogP contribution in [0.25, 0.3) is 22.4 Å². The lowest BCUT2D eigenvalue weighted by Crippen LogP contribution is -2.18. The fourth-order valence-electron chi connectivity index (χ4n) is 2.65. The number of nitrogens with one attached hydrogen (secondary N) is 2. The lowest BCUT2D eigenvalue weighted by Gasteiger charge is -2.07. The first-order valence-electron chi connectivity index (χ1n) is 6.74. The number of H-pyrrole nitrogens is 1. The number of fused-ring (bicyclic) bond motifs is 1. The second-order valence-electron chi connectivity index (χ2n) is 5.21. The Balaban J connectivity index is 2.15. The van der Waals surface area contributed by atoms with E-state index in [4.69, 9.17) is 5.21 Å². The van der Waals surface area contributed by atoms with Crippen molar-refractivity contribution in [3.8, 4) is 17.1 Å². The summed E-state index contributed by atoms with van der Waals surface area (Å²) in [6.07, 6.45) is 0. The van der Waals surface area contributed by atoms with Gasteiger partial charge in [0.1, 0.15) is 11.6 Å². The van der Waals surface area contributed by atoms with Crippen LogP contribution in [-0.4, -0.2) is 26.2 Å². The number of hydrogen-bond donors (Lipinski definition) is 4. The van der Waals surface area contributed by atoms with Crippen molar-refractivity contribution in [3.63, 3.8) is 0 Å². The van der Waals surface area contributed by atoms with Crippen molar-refractivity contribution in [2.75, 3.05) is 0 Å². The highest BCUT2D eigenvalue weighted by molar-refractivity contribution is 5.97. The molecule has 0 radical (unpaired) electrons. The molecule has 0 saturated carbocycles. The predicted octanol–water partition coefficient (Wildman–Crippen LogP) is 2.67. The Bertz CT molecular complexity index is 860. The molecule has 0 aliphatic rings. The maximum Gasteiger partial charge on any atom is 0.274 e. The Morgan fingerprint density at radius 1 is 1.18 bits per heavy atom. The number of rotatable bonds is 2. The molecule has 0 atom stereocenters. The topological polar surface area (TPSA) is 98.2 Å². The highest BCUT2D eigenvalue weighted by Crippen LogP contribution is 2.30. The van der Waals surface area contributed by atoms with Crippen molar-refractivity contribution in [2.45, 2.75) is 13.8 Å². The largest absolute Gasteiger partial charge is 0.508 e. The number of benzene rings is 2. The smallest absolute Gasteiger partial charge is 0.274 e. The van der Waals surface area contributed by atoms with Gasteiger partial charge in [-0.05, 0) is 55.3 Å². The van der Waals surface area contributed by atoms with Gasteiger partial charge in [0.2, 0.25) is 0 Å². The monoisotopic (exact) mass is 297 g/mol. The number of phenolic OH excluding ortho intramolecular Hbond substituents is 1. The number of phenols is 1. The Morgan fingerprint density at radius 3 is 2.50 bits per heavy atom. The summed E-state index contributed by atoms with van der Waals surface area (Å²) in [5.41, 5.74) is 6.09. The number of amides is 1. The predicted molar refractivity (Wildman–Crippen MR) is 81.9 cm³/mol. The summed E-state index contributed by atoms with van der Waals surface area (Å²) < 4.78 is 0. The van der Waals surface area contributed by atoms with Gasteiger partial charge in [-0.3, -0.25) is 10.0 Å². The van der Waals surface area contributed by atoms with Crippen molar-refractivity contribution >= 4 is 16.9 Å². The fourth-order valence-corrected chi connectivity index (χ4v) is 2.65. The Morgan fingerprint density at radius 2 is 1.86 bits per heavy atom. The van der Waals surface area contributed by atoms with Gasteiger partial charge in [0.05, 0.1) is 11.0 Å². The third kappa shape index (κ3) is 2.29. The molecule has 1 aromatic heterocycles. The number of aryl methyl sites for hydroxylation is 2. The van der Waals surface area contributed by atoms with Crippen molar-refractivity contribution in [1.82, 2.24) is 15.4 Å². The Hall–Kier alpha value is -2.86. The SMILES string of the molecule is Cc1cc(O)cc(C)c1-c1nc2ccc(C(=O)NO)cc2[nH]1. The van der Waals surface area contributed by atoms with Gasteiger partial charge in [-0.2, -0.15) is 0 Å². The third-order valence-corrected chi connectivity index (χ3v) is 3.60. The number of aromatic nitrogens is 2. The Kier molecular flexibility index (Phi) is 3.30. The van der Waals surface area contributed by atoms with Crippen LogP contribution in [0.1, 0.15) is 21.5 Å². The third-order valence-electron chi connectivity index (χ3n) is 3.60. The molecule has 0 bridgehead atoms. The van der Waals surface area contributed by atoms with Crippen LogP contribution < -0.4 is 5.48 Å². The van der Waals surface area contributed by atoms with E-state index in [1.807, 2.05) is 13.8 Å². The molecule has 1 heterocycles. The molecule has 0 aliphatic heterocycles. The van der Waals surface area contributed by atoms with Crippen LogP contribution in [0.3, 0.4) is 0 Å². The molecular formula is C16H15N3O3. The van der Waals surface area contributed by atoms with Crippen LogP contribution >= 0.6 is 0 Å². The van der Waals surface area contributed by atoms with Crippen LogP contribution in [0, 0.1) is 13.8 Å². The van der Waals surface area contributed by atoms with Gasteiger partial charge in [-0.1, -0.05) is 0 Å². The van der Waals surface area contributed by atoms with E-state index in [1.54, 1.807) is 35.8 Å². The lowest BCUT2D eigenvalue weighted by molar-refractivity contribution is 0.0706. The van der Waals surface area contributed by atoms with E-state index in [9.17, 15) is 9.90 Å². The average Bonchev–Trinajstić information content (AvgIpc) is 2.87. The van der Waals surface area contributed by atoms with E-state index >= 15 is 0 Å². The maximum absolute atomic E-state index is 11.5. The maximum atomic E-state index is 11.5. The van der Waals surface area contributed by atoms with Crippen LogP contribution in [0.2, 0.25) is 0 Å². The summed E-state index contributed by atoms with van der Waals surface area (Å²) in [7, 11) is 0. The van der Waals surface area contributed by atoms with Crippen LogP contribution in [-0.2, 0) is 0 Å². The highest BCUT2D eigenvalue weighted by Gasteiger charge is 2.13. The quantitative estimate of drug-likeness (QED) is 0.432. The molecule has 2 aromatic carbocycles. The normalized spacial score (nSPS) is 10.9. The van der Waals surface area contributed by atoms with Crippen molar-refractivity contribution in [3.05, 3.63) is 47.0 Å². The molecule has 6 heteroatoms. The zero-order valence-corrected chi connectivity index (χ0v) is 12.1. The zero-order chi connectivity index (χ0) is 15.9. The second-order valence-corrected chi connectivity index (χ2v) is 5.21. The summed E-state index contributed by atoms with van der Waals surface area (Å²) in [6.45, 7) is 3.81. The standard InChI is InChI=1S/C16H15N3O3/c1-8-5-11(20)6-9(2)14(8)15-17-12-4-3-10(16(21)19-22)7-13(12)18-15/h3-7,20,22H,1-2H3,(H,17,18)(H,19,21). The number of carbonyl (C=O) groups is 1. The van der Waals surface area contributed by atoms with E-state index < -0.39 is 5.91 Å². The number of hydroxylamine groups is 1. The molecular weight excluding hydrogens is 282 g/mol. The van der Waals surface area contributed by atoms with Crippen LogP contribution in [0.5, 0.6) is 5.75 Å². The number of aromatic hydroxyl groups is 1. The van der Waals surface area contributed by atoms with E-state index in [-0.39, 0.29) is 5.75 Å². The van der Waals surface area contributed by atoms with E-state index in [0.29, 0.717) is 16.9 Å². The minimum Gasteiger partial charge on any atom is -0.508 e. The molecule has 0 unspecified atom stereocenters. The van der Waals surface area contributed by atoms with E-state index in [2.05, 4.69) is 9.97 Å². The minimum absolute atomic E-state index is 0.219. The first kappa shape index (κ1) is 14.1. The van der Waals surface area contributed by atoms with E-state index in [1.165, 1.54) is 0 Å². The number of hydrogen-bond acceptors (Lipinski definition) is 4. The van der Waals surface area contributed by atoms with Gasteiger partial charge in [0.25, 0.3) is 5.91 Å². The summed E-state index contributed by atoms with van der Waals surface area (Å²) in [4.78, 5) is 19.2. The summed E-state index contributed by atoms with van der Waals surface area (Å²) >= 11 is 0. The summed E-state index contributed by atoms with van der Waals surface area (Å²) in [5, 5.41) is 18.3. The summed E-state index contributed by atoms with van der Waals surface area (Å²) in [5.74, 6) is 0.318. The number of aromatic amines is 1. The van der Waals surface area contributed by atoms with Gasteiger partial charge < -0.3 is 10.1 Å².